The molecule has 2 aromatic heterocycles. The molecular formula is C51H66ClN9O5. The van der Waals surface area contributed by atoms with Crippen molar-refractivity contribution in [2.45, 2.75) is 120 Å². The Morgan fingerprint density at radius 1 is 0.939 bits per heavy atom. The molecule has 6 N–H and O–H groups in total. The highest BCUT2D eigenvalue weighted by Crippen LogP contribution is 2.47. The quantitative estimate of drug-likeness (QED) is 0.0477. The van der Waals surface area contributed by atoms with Crippen LogP contribution in [-0.2, 0) is 19.1 Å². The summed E-state index contributed by atoms with van der Waals surface area (Å²) in [6.45, 7) is 6.19. The molecule has 66 heavy (non-hydrogen) atoms. The maximum Gasteiger partial charge on any atom is 0.252 e. The molecule has 4 heterocycles. The largest absolute Gasteiger partial charge is 0.381 e. The average molecular weight is 921 g/mol. The molecule has 3 atom stereocenters. The van der Waals surface area contributed by atoms with Crippen molar-refractivity contribution in [1.82, 2.24) is 35.8 Å². The summed E-state index contributed by atoms with van der Waals surface area (Å²) in [6.07, 6.45) is 17.0. The summed E-state index contributed by atoms with van der Waals surface area (Å²) in [5.41, 5.74) is 9.84. The van der Waals surface area contributed by atoms with E-state index in [9.17, 15) is 19.2 Å². The predicted octanol–water partition coefficient (Wildman–Crippen LogP) is 7.26. The number of H-pyrrole nitrogens is 1. The van der Waals surface area contributed by atoms with Crippen molar-refractivity contribution in [3.63, 3.8) is 0 Å². The van der Waals surface area contributed by atoms with Gasteiger partial charge in [0.2, 0.25) is 17.7 Å². The van der Waals surface area contributed by atoms with Gasteiger partial charge in [-0.2, -0.15) is 0 Å². The Morgan fingerprint density at radius 2 is 1.76 bits per heavy atom. The molecule has 0 bridgehead atoms. The van der Waals surface area contributed by atoms with Gasteiger partial charge in [-0.15, -0.1) is 0 Å². The third-order valence-electron chi connectivity index (χ3n) is 14.2. The van der Waals surface area contributed by atoms with Crippen LogP contribution >= 0.6 is 11.6 Å². The second-order valence-corrected chi connectivity index (χ2v) is 19.6. The van der Waals surface area contributed by atoms with Crippen LogP contribution in [0, 0.1) is 5.41 Å². The minimum atomic E-state index is -1.03. The maximum absolute atomic E-state index is 13.8. The van der Waals surface area contributed by atoms with Gasteiger partial charge in [0.15, 0.2) is 0 Å². The number of amides is 4. The van der Waals surface area contributed by atoms with Gasteiger partial charge in [0.05, 0.1) is 17.0 Å². The second kappa shape index (κ2) is 21.5. The number of halogens is 1. The zero-order valence-corrected chi connectivity index (χ0v) is 39.1. The van der Waals surface area contributed by atoms with Crippen molar-refractivity contribution < 1.29 is 23.9 Å². The van der Waals surface area contributed by atoms with Gasteiger partial charge in [-0.3, -0.25) is 19.2 Å². The molecule has 2 aromatic carbocycles. The number of rotatable bonds is 19. The second-order valence-electron chi connectivity index (χ2n) is 19.1. The number of ether oxygens (including phenoxy) is 1. The molecule has 14 nitrogen and oxygen atoms in total. The number of fused-ring (bicyclic) bond motifs is 1. The monoisotopic (exact) mass is 919 g/mol. The van der Waals surface area contributed by atoms with Crippen molar-refractivity contribution in [3.05, 3.63) is 100 Å². The van der Waals surface area contributed by atoms with Gasteiger partial charge in [-0.05, 0) is 137 Å². The van der Waals surface area contributed by atoms with Crippen molar-refractivity contribution in [3.8, 4) is 0 Å². The summed E-state index contributed by atoms with van der Waals surface area (Å²) in [7, 11) is 0. The molecule has 4 aromatic rings. The van der Waals surface area contributed by atoms with Crippen LogP contribution in [0.1, 0.15) is 130 Å². The van der Waals surface area contributed by atoms with Gasteiger partial charge in [-0.25, -0.2) is 9.97 Å². The highest BCUT2D eigenvalue weighted by Gasteiger charge is 2.48. The Balaban J connectivity index is 0.772. The minimum absolute atomic E-state index is 0.176. The predicted molar refractivity (Wildman–Crippen MR) is 257 cm³/mol. The first kappa shape index (κ1) is 47.2. The summed E-state index contributed by atoms with van der Waals surface area (Å²) < 4.78 is 6.07. The fourth-order valence-corrected chi connectivity index (χ4v) is 9.84. The van der Waals surface area contributed by atoms with Crippen LogP contribution in [0.4, 0.5) is 5.82 Å². The zero-order valence-electron chi connectivity index (χ0n) is 38.3. The van der Waals surface area contributed by atoms with E-state index >= 15 is 0 Å². The van der Waals surface area contributed by atoms with E-state index in [4.69, 9.17) is 22.1 Å². The number of carbonyl (C=O) groups is 4. The maximum atomic E-state index is 13.8. The Bertz CT molecular complexity index is 2360. The summed E-state index contributed by atoms with van der Waals surface area (Å²) in [6, 6.07) is 16.1. The smallest absolute Gasteiger partial charge is 0.252 e. The van der Waals surface area contributed by atoms with E-state index in [0.29, 0.717) is 69.2 Å². The molecule has 352 valence electrons. The number of aromatic amines is 1. The molecule has 4 amide bonds. The number of allylic oxidation sites excluding steroid dienone is 1. The van der Waals surface area contributed by atoms with Crippen LogP contribution < -0.4 is 26.6 Å². The minimum Gasteiger partial charge on any atom is -0.381 e. The van der Waals surface area contributed by atoms with Crippen molar-refractivity contribution in [2.24, 2.45) is 11.1 Å². The van der Waals surface area contributed by atoms with Crippen LogP contribution in [0.3, 0.4) is 0 Å². The number of nitrogens with two attached hydrogens (primary N) is 1. The fraction of sp³-hybridized carbons (Fsp3) is 0.529. The number of nitrogens with one attached hydrogen (secondary N) is 4. The Labute approximate surface area is 393 Å². The molecule has 1 saturated carbocycles. The van der Waals surface area contributed by atoms with Gasteiger partial charge >= 0.3 is 0 Å². The highest BCUT2D eigenvalue weighted by atomic mass is 35.5. The van der Waals surface area contributed by atoms with E-state index in [1.54, 1.807) is 12.4 Å². The van der Waals surface area contributed by atoms with Gasteiger partial charge in [0.25, 0.3) is 5.91 Å². The first-order valence-electron chi connectivity index (χ1n) is 24.1. The van der Waals surface area contributed by atoms with E-state index in [2.05, 4.69) is 54.9 Å². The molecule has 15 heteroatoms. The number of aromatic nitrogens is 3. The van der Waals surface area contributed by atoms with E-state index in [-0.39, 0.29) is 41.0 Å². The van der Waals surface area contributed by atoms with Gasteiger partial charge in [0.1, 0.15) is 23.8 Å². The Morgan fingerprint density at radius 3 is 2.53 bits per heavy atom. The summed E-state index contributed by atoms with van der Waals surface area (Å²) in [5, 5.41) is 11.0. The first-order valence-corrected chi connectivity index (χ1v) is 24.5. The van der Waals surface area contributed by atoms with Gasteiger partial charge in [-0.1, -0.05) is 48.9 Å². The summed E-state index contributed by atoms with van der Waals surface area (Å²) in [4.78, 5) is 70.5. The van der Waals surface area contributed by atoms with Gasteiger partial charge < -0.3 is 41.2 Å². The number of carbonyl (C=O) groups excluding carboxylic acids is 4. The third kappa shape index (κ3) is 11.6. The van der Waals surface area contributed by atoms with Crippen LogP contribution in [0.15, 0.2) is 78.8 Å². The first-order chi connectivity index (χ1) is 32.0. The molecule has 2 aliphatic heterocycles. The molecule has 8 rings (SSSR count). The molecule has 2 aliphatic carbocycles. The lowest BCUT2D eigenvalue weighted by Gasteiger charge is -2.39. The van der Waals surface area contributed by atoms with Crippen LogP contribution in [0.25, 0.3) is 11.0 Å². The van der Waals surface area contributed by atoms with Crippen LogP contribution in [0.2, 0.25) is 5.02 Å². The summed E-state index contributed by atoms with van der Waals surface area (Å²) in [5.74, 6) is 0.627. The number of anilines is 1. The van der Waals surface area contributed by atoms with Crippen molar-refractivity contribution >= 4 is 52.1 Å². The van der Waals surface area contributed by atoms with Crippen LogP contribution in [-0.4, -0.2) is 101 Å². The molecule has 1 unspecified atom stereocenters. The molecule has 2 saturated heterocycles. The number of piperidine rings is 2. The Kier molecular flexibility index (Phi) is 15.4. The molecule has 0 spiro atoms. The number of likely N-dealkylation sites (tertiary alicyclic amines) is 1. The van der Waals surface area contributed by atoms with Crippen LogP contribution in [0.5, 0.6) is 0 Å². The lowest BCUT2D eigenvalue weighted by atomic mass is 9.87. The van der Waals surface area contributed by atoms with E-state index < -0.39 is 11.6 Å². The number of benzene rings is 2. The normalized spacial score (nSPS) is 19.9. The number of hydrogen-bond acceptors (Lipinski definition) is 9. The fourth-order valence-electron chi connectivity index (χ4n) is 9.71. The number of unbranched alkanes of at least 4 members (excludes halogenated alkanes) is 2. The van der Waals surface area contributed by atoms with E-state index in [1.165, 1.54) is 0 Å². The highest BCUT2D eigenvalue weighted by molar-refractivity contribution is 6.30. The molecule has 0 radical (unpaired) electrons. The van der Waals surface area contributed by atoms with Gasteiger partial charge in [0, 0.05) is 74.1 Å². The number of nitrogens with zero attached hydrogens (tertiary/aromatic N) is 4. The van der Waals surface area contributed by atoms with Crippen molar-refractivity contribution in [1.29, 1.82) is 0 Å². The lowest BCUT2D eigenvalue weighted by Crippen LogP contribution is -2.60. The lowest BCUT2D eigenvalue weighted by molar-refractivity contribution is -0.137. The Hall–Kier alpha value is -5.31. The van der Waals surface area contributed by atoms with E-state index in [0.717, 1.165) is 111 Å². The zero-order chi connectivity index (χ0) is 46.1. The number of hydrogen-bond donors (Lipinski definition) is 5. The van der Waals surface area contributed by atoms with E-state index in [1.807, 2.05) is 53.6 Å². The molecule has 4 aliphatic rings. The molecule has 3 fully saturated rings. The van der Waals surface area contributed by atoms with Crippen molar-refractivity contribution in [2.75, 3.05) is 50.8 Å². The SMILES string of the molecule is CC1(C(=O)N2CCCC(c3cccc(C(=O)N[C@@H](C(=O)NCCCCCOCC[C@H](NC(=O)C4(N)CCN(c5ncnc6[nH]ccc56)CC4)c4ccc(Cl)cc4)C4=CCCCC4)c3)C2)CC1. The molecular weight excluding hydrogens is 854 g/mol. The summed E-state index contributed by atoms with van der Waals surface area (Å²) >= 11 is 6.22. The third-order valence-corrected chi connectivity index (χ3v) is 14.5. The standard InChI is InChI=1S/C51H66ClN9O5/c1-50(21-22-50)49(65)61-27-9-14-39(33-61)37-12-8-13-38(32-37)46(62)59-43(36-10-4-2-5-11-36)47(63)55-25-6-3-7-30-66-31-20-42(35-15-17-40(52)18-16-35)58-48(64)51(53)23-28-60(29-24-51)45-41-19-26-54-44(41)56-34-57-45/h8,10,12-13,15-19,26,32,34,39,42-43H,2-7,9,11,14,20-25,27-31,33,53H2,1H3,(H,55,63)(H,58,64)(H,59,62)(H,54,56,57)/t39?,42-,43+/m0/s1. The average Bonchev–Trinajstić information content (AvgIpc) is 3.91. The topological polar surface area (TPSA) is 188 Å².